The van der Waals surface area contributed by atoms with Gasteiger partial charge in [0.25, 0.3) is 0 Å². The van der Waals surface area contributed by atoms with E-state index in [1.807, 2.05) is 0 Å². The molecule has 0 saturated carbocycles. The van der Waals surface area contributed by atoms with Crippen molar-refractivity contribution in [3.05, 3.63) is 190 Å². The lowest BCUT2D eigenvalue weighted by Gasteiger charge is -2.29. The second kappa shape index (κ2) is 19.3. The van der Waals surface area contributed by atoms with E-state index < -0.39 is 0 Å². The van der Waals surface area contributed by atoms with Crippen LogP contribution in [0, 0.1) is 0 Å². The monoisotopic (exact) mass is 829 g/mol. The van der Waals surface area contributed by atoms with Crippen LogP contribution in [0.4, 0.5) is 0 Å². The molecule has 0 aromatic heterocycles. The molecule has 4 nitrogen and oxygen atoms in total. The Balaban J connectivity index is 1.01. The Hall–Kier alpha value is -5.48. The third-order valence-electron chi connectivity index (χ3n) is 13.6. The van der Waals surface area contributed by atoms with Gasteiger partial charge in [-0.1, -0.05) is 152 Å². The minimum atomic E-state index is -0.147. The van der Waals surface area contributed by atoms with Gasteiger partial charge in [0, 0.05) is 21.7 Å². The van der Waals surface area contributed by atoms with Crippen LogP contribution in [0.5, 0.6) is 23.0 Å². The molecule has 4 heteroatoms. The first kappa shape index (κ1) is 44.6. The molecule has 10 aliphatic heterocycles. The normalized spacial score (nSPS) is 18.1. The zero-order valence-corrected chi connectivity index (χ0v) is 38.6. The van der Waals surface area contributed by atoms with Crippen molar-refractivity contribution in [2.75, 3.05) is 26.4 Å². The second-order valence-corrected chi connectivity index (χ2v) is 19.3. The summed E-state index contributed by atoms with van der Waals surface area (Å²) in [6.45, 7) is 21.2. The van der Waals surface area contributed by atoms with E-state index in [-0.39, 0.29) is 21.7 Å². The smallest absolute Gasteiger partial charge is 0.119 e. The highest BCUT2D eigenvalue weighted by atomic mass is 16.5. The van der Waals surface area contributed by atoms with E-state index in [1.54, 1.807) is 0 Å². The third kappa shape index (κ3) is 10.4. The lowest BCUT2D eigenvalue weighted by Crippen LogP contribution is -2.21. The van der Waals surface area contributed by atoms with E-state index in [0.717, 1.165) is 61.5 Å². The maximum atomic E-state index is 6.15. The van der Waals surface area contributed by atoms with Gasteiger partial charge in [0.05, 0.1) is 26.4 Å². The first-order chi connectivity index (χ1) is 29.7. The van der Waals surface area contributed by atoms with Crippen molar-refractivity contribution in [2.24, 2.45) is 0 Å². The molecule has 10 aliphatic rings. The van der Waals surface area contributed by atoms with E-state index in [2.05, 4.69) is 201 Å². The molecule has 0 amide bonds. The number of benzene rings is 6. The Kier molecular flexibility index (Phi) is 13.9. The van der Waals surface area contributed by atoms with Crippen LogP contribution >= 0.6 is 0 Å². The topological polar surface area (TPSA) is 36.9 Å². The molecule has 0 aliphatic carbocycles. The van der Waals surface area contributed by atoms with E-state index in [4.69, 9.17) is 18.9 Å². The summed E-state index contributed by atoms with van der Waals surface area (Å²) in [4.78, 5) is 0. The van der Waals surface area contributed by atoms with Crippen molar-refractivity contribution >= 4 is 0 Å². The summed E-state index contributed by atoms with van der Waals surface area (Å²) in [5.74, 6) is 3.66. The molecule has 0 saturated heterocycles. The minimum Gasteiger partial charge on any atom is -0.494 e. The first-order valence-corrected chi connectivity index (χ1v) is 22.9. The average molecular weight is 829 g/mol. The Morgan fingerprint density at radius 1 is 0.226 bits per heavy atom. The van der Waals surface area contributed by atoms with E-state index in [9.17, 15) is 0 Å². The highest BCUT2D eigenvalue weighted by Gasteiger charge is 2.28. The summed E-state index contributed by atoms with van der Waals surface area (Å²) in [6, 6.07) is 52.9. The lowest BCUT2D eigenvalue weighted by atomic mass is 9.74. The molecule has 12 bridgehead atoms. The molecular formula is C58H68O4. The van der Waals surface area contributed by atoms with Crippen LogP contribution in [0.3, 0.4) is 0 Å². The molecule has 10 heterocycles. The molecule has 324 valence electrons. The predicted octanol–water partition coefficient (Wildman–Crippen LogP) is 14.6. The lowest BCUT2D eigenvalue weighted by molar-refractivity contribution is 0.279. The number of hydrogen-bond acceptors (Lipinski definition) is 4. The van der Waals surface area contributed by atoms with Gasteiger partial charge in [0.15, 0.2) is 0 Å². The van der Waals surface area contributed by atoms with E-state index in [0.29, 0.717) is 26.4 Å². The van der Waals surface area contributed by atoms with Crippen molar-refractivity contribution in [1.29, 1.82) is 0 Å². The van der Waals surface area contributed by atoms with Gasteiger partial charge < -0.3 is 18.9 Å². The summed E-state index contributed by atoms with van der Waals surface area (Å²) in [6.07, 6.45) is 6.05. The van der Waals surface area contributed by atoms with Crippen molar-refractivity contribution in [2.45, 2.75) is 116 Å². The Morgan fingerprint density at radius 3 is 0.532 bits per heavy atom. The van der Waals surface area contributed by atoms with Gasteiger partial charge in [-0.25, -0.2) is 0 Å². The molecular weight excluding hydrogens is 761 g/mol. The fourth-order valence-electron chi connectivity index (χ4n) is 8.67. The largest absolute Gasteiger partial charge is 0.494 e. The van der Waals surface area contributed by atoms with E-state index >= 15 is 0 Å². The summed E-state index contributed by atoms with van der Waals surface area (Å²) in [7, 11) is 0. The van der Waals surface area contributed by atoms with Crippen molar-refractivity contribution in [3.63, 3.8) is 0 Å². The van der Waals surface area contributed by atoms with E-state index in [1.165, 1.54) is 44.5 Å². The second-order valence-electron chi connectivity index (χ2n) is 19.3. The van der Waals surface area contributed by atoms with Gasteiger partial charge in [-0.2, -0.15) is 0 Å². The van der Waals surface area contributed by atoms with Gasteiger partial charge in [0.1, 0.15) is 23.0 Å². The first-order valence-electron chi connectivity index (χ1n) is 22.9. The molecule has 0 unspecified atom stereocenters. The summed E-state index contributed by atoms with van der Waals surface area (Å²) < 4.78 is 24.6. The van der Waals surface area contributed by atoms with Crippen LogP contribution in [0.15, 0.2) is 146 Å². The summed E-state index contributed by atoms with van der Waals surface area (Å²) >= 11 is 0. The number of ether oxygens (including phenoxy) is 4. The third-order valence-corrected chi connectivity index (χ3v) is 13.6. The zero-order valence-electron chi connectivity index (χ0n) is 38.6. The molecule has 6 aromatic rings. The number of hydrogen-bond donors (Lipinski definition) is 0. The van der Waals surface area contributed by atoms with Crippen molar-refractivity contribution < 1.29 is 18.9 Å². The van der Waals surface area contributed by atoms with Gasteiger partial charge in [0.2, 0.25) is 0 Å². The van der Waals surface area contributed by atoms with Gasteiger partial charge in [-0.15, -0.1) is 0 Å². The van der Waals surface area contributed by atoms with Crippen molar-refractivity contribution in [3.8, 4) is 23.0 Å². The van der Waals surface area contributed by atoms with Crippen LogP contribution in [-0.2, 0) is 21.7 Å². The highest BCUT2D eigenvalue weighted by Crippen LogP contribution is 2.39. The van der Waals surface area contributed by atoms with Crippen LogP contribution in [0.2, 0.25) is 0 Å². The molecule has 0 spiro atoms. The van der Waals surface area contributed by atoms with Gasteiger partial charge >= 0.3 is 0 Å². The fourth-order valence-corrected chi connectivity index (χ4v) is 8.67. The summed E-state index contributed by atoms with van der Waals surface area (Å²) in [5.41, 5.74) is 9.63. The quantitative estimate of drug-likeness (QED) is 0.153. The Morgan fingerprint density at radius 2 is 0.371 bits per heavy atom. The maximum absolute atomic E-state index is 6.15. The van der Waals surface area contributed by atoms with Gasteiger partial charge in [-0.05, 0) is 132 Å². The van der Waals surface area contributed by atoms with Crippen LogP contribution < -0.4 is 18.9 Å². The highest BCUT2D eigenvalue weighted by molar-refractivity contribution is 5.47. The molecule has 0 N–H and O–H groups in total. The van der Waals surface area contributed by atoms with Crippen LogP contribution in [-0.4, -0.2) is 26.4 Å². The van der Waals surface area contributed by atoms with Gasteiger partial charge in [-0.3, -0.25) is 0 Å². The molecule has 62 heavy (non-hydrogen) atoms. The molecule has 16 rings (SSSR count). The zero-order chi connectivity index (χ0) is 43.8. The fraction of sp³-hybridized carbons (Fsp3) is 0.379. The Labute approximate surface area is 372 Å². The SMILES string of the molecule is CC1(C)c2ccc(cc2)OCCCCCOc2ccc(cc2)C(C)(C)c2ccc(cc2)C(C)(C)c2ccc(cc2)OCCCCCOc2ccc(cc2)C(C)(C)c2ccc1cc2. The molecule has 6 aromatic carbocycles. The number of rotatable bonds is 0. The summed E-state index contributed by atoms with van der Waals surface area (Å²) in [5, 5.41) is 0. The van der Waals surface area contributed by atoms with Crippen LogP contribution in [0.25, 0.3) is 0 Å². The van der Waals surface area contributed by atoms with Crippen LogP contribution in [0.1, 0.15) is 138 Å². The minimum absolute atomic E-state index is 0.147. The standard InChI is InChI=1S/C58H68O4/c1-55(2)43-15-17-44(18-16-43)56(3,4)48-25-33-52(34-26-48)60-41-13-10-14-42-62-54-37-29-50(30-38-54)58(7,8)46-21-19-45(20-22-46)57(5,6)49-27-35-53(36-28-49)61-40-12-9-11-39-59-51-31-23-47(55)24-32-51/h15-38H,9-14,39-42H2,1-8H3. The molecule has 0 fully saturated rings. The average Bonchev–Trinajstić information content (AvgIpc) is 3.29. The van der Waals surface area contributed by atoms with Crippen molar-refractivity contribution in [1.82, 2.24) is 0 Å². The predicted molar refractivity (Wildman–Crippen MR) is 257 cm³/mol. The maximum Gasteiger partial charge on any atom is 0.119 e. The Bertz CT molecular complexity index is 1960. The molecule has 0 radical (unpaired) electrons. The molecule has 0 atom stereocenters.